The highest BCUT2D eigenvalue weighted by Crippen LogP contribution is 2.61. The fourth-order valence-corrected chi connectivity index (χ4v) is 4.65. The van der Waals surface area contributed by atoms with Gasteiger partial charge in [-0.25, -0.2) is 0 Å². The van der Waals surface area contributed by atoms with Gasteiger partial charge in [0.25, 0.3) is 0 Å². The Morgan fingerprint density at radius 3 is 2.44 bits per heavy atom. The van der Waals surface area contributed by atoms with Crippen molar-refractivity contribution < 1.29 is 14.6 Å². The Kier molecular flexibility index (Phi) is 2.00. The zero-order valence-electron chi connectivity index (χ0n) is 9.45. The topological polar surface area (TPSA) is 46.5 Å². The van der Waals surface area contributed by atoms with E-state index in [1.165, 1.54) is 12.7 Å². The van der Waals surface area contributed by atoms with E-state index in [1.54, 1.807) is 0 Å². The van der Waals surface area contributed by atoms with E-state index in [2.05, 4.69) is 6.58 Å². The molecule has 4 bridgehead atoms. The zero-order valence-corrected chi connectivity index (χ0v) is 9.45. The van der Waals surface area contributed by atoms with Gasteiger partial charge in [0.05, 0.1) is 17.3 Å². The SMILES string of the molecule is C=COC(=O)C12CC3CC(CC(O)(C3)C1)C2. The predicted octanol–water partition coefficient (Wildman–Crippen LogP) is 2.00. The summed E-state index contributed by atoms with van der Waals surface area (Å²) in [5.74, 6) is 0.863. The molecule has 0 aromatic heterocycles. The fraction of sp³-hybridized carbons (Fsp3) is 0.769. The Labute approximate surface area is 95.5 Å². The van der Waals surface area contributed by atoms with E-state index >= 15 is 0 Å². The van der Waals surface area contributed by atoms with Crippen LogP contribution in [0, 0.1) is 17.3 Å². The molecule has 0 spiro atoms. The third kappa shape index (κ3) is 1.34. The van der Waals surface area contributed by atoms with Crippen LogP contribution in [0.5, 0.6) is 0 Å². The normalized spacial score (nSPS) is 49.1. The predicted molar refractivity (Wildman–Crippen MR) is 58.4 cm³/mol. The molecule has 0 aromatic rings. The van der Waals surface area contributed by atoms with Crippen LogP contribution in [0.4, 0.5) is 0 Å². The van der Waals surface area contributed by atoms with E-state index < -0.39 is 11.0 Å². The summed E-state index contributed by atoms with van der Waals surface area (Å²) in [5, 5.41) is 10.5. The molecule has 0 radical (unpaired) electrons. The molecule has 88 valence electrons. The second-order valence-corrected chi connectivity index (χ2v) is 6.04. The first kappa shape index (κ1) is 10.3. The lowest BCUT2D eigenvalue weighted by Crippen LogP contribution is -2.58. The molecule has 0 aromatic carbocycles. The van der Waals surface area contributed by atoms with Crippen molar-refractivity contribution in [1.29, 1.82) is 0 Å². The molecule has 3 heteroatoms. The monoisotopic (exact) mass is 222 g/mol. The summed E-state index contributed by atoms with van der Waals surface area (Å²) in [5.41, 5.74) is -1.00. The maximum atomic E-state index is 12.0. The molecule has 4 saturated carbocycles. The molecule has 4 fully saturated rings. The fourth-order valence-electron chi connectivity index (χ4n) is 4.65. The van der Waals surface area contributed by atoms with Crippen LogP contribution in [-0.2, 0) is 9.53 Å². The molecule has 0 amide bonds. The second-order valence-electron chi connectivity index (χ2n) is 6.04. The van der Waals surface area contributed by atoms with Gasteiger partial charge >= 0.3 is 5.97 Å². The molecule has 16 heavy (non-hydrogen) atoms. The quantitative estimate of drug-likeness (QED) is 0.574. The zero-order chi connectivity index (χ0) is 11.4. The summed E-state index contributed by atoms with van der Waals surface area (Å²) in [7, 11) is 0. The van der Waals surface area contributed by atoms with Gasteiger partial charge in [-0.15, -0.1) is 0 Å². The van der Waals surface area contributed by atoms with Crippen LogP contribution < -0.4 is 0 Å². The third-order valence-electron chi connectivity index (χ3n) is 4.65. The largest absolute Gasteiger partial charge is 0.435 e. The van der Waals surface area contributed by atoms with Crippen LogP contribution in [0.1, 0.15) is 38.5 Å². The first-order chi connectivity index (χ1) is 7.55. The minimum absolute atomic E-state index is 0.171. The molecular weight excluding hydrogens is 204 g/mol. The number of aliphatic hydroxyl groups is 1. The number of ether oxygens (including phenoxy) is 1. The number of hydrogen-bond acceptors (Lipinski definition) is 3. The van der Waals surface area contributed by atoms with Gasteiger partial charge < -0.3 is 9.84 Å². The highest BCUT2D eigenvalue weighted by Gasteiger charge is 2.60. The average Bonchev–Trinajstić information content (AvgIpc) is 2.13. The van der Waals surface area contributed by atoms with Crippen molar-refractivity contribution in [2.45, 2.75) is 44.1 Å². The van der Waals surface area contributed by atoms with E-state index in [1.807, 2.05) is 0 Å². The van der Waals surface area contributed by atoms with Crippen molar-refractivity contribution in [3.63, 3.8) is 0 Å². The van der Waals surface area contributed by atoms with Crippen LogP contribution in [0.25, 0.3) is 0 Å². The molecule has 4 rings (SSSR count). The minimum atomic E-state index is -0.593. The summed E-state index contributed by atoms with van der Waals surface area (Å²) in [6.45, 7) is 3.44. The van der Waals surface area contributed by atoms with Gasteiger partial charge in [0.2, 0.25) is 0 Å². The van der Waals surface area contributed by atoms with Gasteiger partial charge in [-0.1, -0.05) is 6.58 Å². The Morgan fingerprint density at radius 1 is 1.31 bits per heavy atom. The lowest BCUT2D eigenvalue weighted by Gasteiger charge is -2.58. The first-order valence-electron chi connectivity index (χ1n) is 6.10. The van der Waals surface area contributed by atoms with Gasteiger partial charge in [0.1, 0.15) is 0 Å². The van der Waals surface area contributed by atoms with Crippen LogP contribution in [0.15, 0.2) is 12.8 Å². The summed E-state index contributed by atoms with van der Waals surface area (Å²) < 4.78 is 4.99. The molecule has 4 aliphatic rings. The van der Waals surface area contributed by atoms with E-state index in [0.717, 1.165) is 25.7 Å². The molecule has 2 atom stereocenters. The number of rotatable bonds is 2. The molecular formula is C13H18O3. The van der Waals surface area contributed by atoms with Crippen molar-refractivity contribution in [2.24, 2.45) is 17.3 Å². The maximum absolute atomic E-state index is 12.0. The molecule has 0 heterocycles. The number of hydrogen-bond donors (Lipinski definition) is 1. The van der Waals surface area contributed by atoms with Gasteiger partial charge in [0.15, 0.2) is 0 Å². The lowest BCUT2D eigenvalue weighted by atomic mass is 9.48. The molecule has 1 N–H and O–H groups in total. The highest BCUT2D eigenvalue weighted by molar-refractivity contribution is 5.78. The summed E-state index contributed by atoms with van der Waals surface area (Å²) >= 11 is 0. The smallest absolute Gasteiger partial charge is 0.316 e. The first-order valence-corrected chi connectivity index (χ1v) is 6.10. The Bertz CT molecular complexity index is 333. The van der Waals surface area contributed by atoms with Crippen molar-refractivity contribution in [1.82, 2.24) is 0 Å². The van der Waals surface area contributed by atoms with E-state index in [-0.39, 0.29) is 5.97 Å². The molecule has 4 aliphatic carbocycles. The van der Waals surface area contributed by atoms with Gasteiger partial charge in [-0.3, -0.25) is 4.79 Å². The standard InChI is InChI=1S/C13H18O3/c1-2-16-11(14)12-4-9-3-10(5-12)7-13(15,6-9)8-12/h2,9-10,15H,1,3-8H2. The van der Waals surface area contributed by atoms with Crippen LogP contribution >= 0.6 is 0 Å². The summed E-state index contributed by atoms with van der Waals surface area (Å²) in [6, 6.07) is 0. The summed E-state index contributed by atoms with van der Waals surface area (Å²) in [6.07, 6.45) is 6.56. The third-order valence-corrected chi connectivity index (χ3v) is 4.65. The number of esters is 1. The van der Waals surface area contributed by atoms with Crippen molar-refractivity contribution >= 4 is 5.97 Å². The van der Waals surface area contributed by atoms with E-state index in [0.29, 0.717) is 18.3 Å². The van der Waals surface area contributed by atoms with E-state index in [4.69, 9.17) is 4.74 Å². The van der Waals surface area contributed by atoms with Gasteiger partial charge in [0, 0.05) is 0 Å². The van der Waals surface area contributed by atoms with E-state index in [9.17, 15) is 9.90 Å². The van der Waals surface area contributed by atoms with Crippen molar-refractivity contribution in [3.8, 4) is 0 Å². The average molecular weight is 222 g/mol. The summed E-state index contributed by atoms with van der Waals surface area (Å²) in [4.78, 5) is 12.0. The molecule has 3 nitrogen and oxygen atoms in total. The van der Waals surface area contributed by atoms with Crippen molar-refractivity contribution in [3.05, 3.63) is 12.8 Å². The maximum Gasteiger partial charge on any atom is 0.316 e. The van der Waals surface area contributed by atoms with Crippen LogP contribution in [-0.4, -0.2) is 16.7 Å². The molecule has 0 saturated heterocycles. The van der Waals surface area contributed by atoms with Gasteiger partial charge in [-0.2, -0.15) is 0 Å². The highest BCUT2D eigenvalue weighted by atomic mass is 16.5. The minimum Gasteiger partial charge on any atom is -0.435 e. The number of carbonyl (C=O) groups excluding carboxylic acids is 1. The van der Waals surface area contributed by atoms with Crippen molar-refractivity contribution in [2.75, 3.05) is 0 Å². The Morgan fingerprint density at radius 2 is 1.94 bits per heavy atom. The second kappa shape index (κ2) is 3.10. The Hall–Kier alpha value is -0.830. The molecule has 2 unspecified atom stereocenters. The number of carbonyl (C=O) groups is 1. The molecule has 0 aliphatic heterocycles. The van der Waals surface area contributed by atoms with Crippen LogP contribution in [0.2, 0.25) is 0 Å². The lowest BCUT2D eigenvalue weighted by molar-refractivity contribution is -0.191. The van der Waals surface area contributed by atoms with Gasteiger partial charge in [-0.05, 0) is 50.4 Å². The Balaban J connectivity index is 1.91. The van der Waals surface area contributed by atoms with Crippen LogP contribution in [0.3, 0.4) is 0 Å².